The van der Waals surface area contributed by atoms with Crippen LogP contribution in [-0.2, 0) is 10.0 Å². The molecule has 0 amide bonds. The van der Waals surface area contributed by atoms with E-state index in [-0.39, 0.29) is 4.90 Å². The maximum Gasteiger partial charge on any atom is 0.243 e. The number of benzene rings is 2. The van der Waals surface area contributed by atoms with Gasteiger partial charge in [0.25, 0.3) is 0 Å². The van der Waals surface area contributed by atoms with Crippen molar-refractivity contribution in [3.63, 3.8) is 0 Å². The lowest BCUT2D eigenvalue weighted by molar-refractivity contribution is 0.383. The van der Waals surface area contributed by atoms with E-state index in [2.05, 4.69) is 20.9 Å². The summed E-state index contributed by atoms with van der Waals surface area (Å²) in [5.41, 5.74) is 3.09. The number of fused-ring (bicyclic) bond motifs is 1. The summed E-state index contributed by atoms with van der Waals surface area (Å²) in [7, 11) is -3.50. The van der Waals surface area contributed by atoms with Crippen molar-refractivity contribution in [3.05, 3.63) is 53.1 Å². The van der Waals surface area contributed by atoms with Crippen molar-refractivity contribution in [2.45, 2.75) is 11.8 Å². The topological polar surface area (TPSA) is 69.3 Å². The highest BCUT2D eigenvalue weighted by molar-refractivity contribution is 7.89. The Hall–Kier alpha value is -2.09. The van der Waals surface area contributed by atoms with Crippen LogP contribution in [0.25, 0.3) is 11.0 Å². The van der Waals surface area contributed by atoms with Crippen LogP contribution in [0.1, 0.15) is 5.56 Å². The van der Waals surface area contributed by atoms with Crippen molar-refractivity contribution >= 4 is 38.6 Å². The summed E-state index contributed by atoms with van der Waals surface area (Å²) in [5, 5.41) is 0.522. The van der Waals surface area contributed by atoms with Gasteiger partial charge in [-0.1, -0.05) is 17.7 Å². The summed E-state index contributed by atoms with van der Waals surface area (Å²) in [4.78, 5) is 10.3. The second-order valence-electron chi connectivity index (χ2n) is 6.43. The molecule has 0 saturated carbocycles. The van der Waals surface area contributed by atoms with Crippen LogP contribution in [0.2, 0.25) is 5.02 Å². The molecule has 4 rings (SSSR count). The van der Waals surface area contributed by atoms with Crippen molar-refractivity contribution in [3.8, 4) is 0 Å². The van der Waals surface area contributed by atoms with Crippen LogP contribution in [0.15, 0.2) is 47.4 Å². The fourth-order valence-electron chi connectivity index (χ4n) is 3.16. The van der Waals surface area contributed by atoms with Crippen molar-refractivity contribution < 1.29 is 8.42 Å². The first kappa shape index (κ1) is 17.3. The molecule has 0 spiro atoms. The molecule has 1 fully saturated rings. The van der Waals surface area contributed by atoms with Gasteiger partial charge < -0.3 is 9.88 Å². The van der Waals surface area contributed by atoms with E-state index in [1.54, 1.807) is 24.3 Å². The molecule has 136 valence electrons. The number of aromatic nitrogens is 2. The van der Waals surface area contributed by atoms with Crippen LogP contribution in [0.5, 0.6) is 0 Å². The fourth-order valence-corrected chi connectivity index (χ4v) is 4.70. The molecule has 3 aromatic rings. The van der Waals surface area contributed by atoms with Crippen LogP contribution in [-0.4, -0.2) is 48.9 Å². The average molecular weight is 391 g/mol. The van der Waals surface area contributed by atoms with E-state index in [1.807, 2.05) is 19.1 Å². The maximum absolute atomic E-state index is 12.8. The lowest BCUT2D eigenvalue weighted by atomic mass is 10.2. The number of imidazole rings is 1. The smallest absolute Gasteiger partial charge is 0.243 e. The van der Waals surface area contributed by atoms with Crippen LogP contribution in [0.4, 0.5) is 5.95 Å². The van der Waals surface area contributed by atoms with E-state index in [0.717, 1.165) is 17.0 Å². The van der Waals surface area contributed by atoms with Gasteiger partial charge in [-0.15, -0.1) is 0 Å². The number of hydrogen-bond donors (Lipinski definition) is 1. The van der Waals surface area contributed by atoms with Crippen LogP contribution in [0.3, 0.4) is 0 Å². The number of halogens is 1. The Balaban J connectivity index is 1.50. The number of nitrogens with zero attached hydrogens (tertiary/aromatic N) is 3. The Kier molecular flexibility index (Phi) is 4.38. The number of nitrogens with one attached hydrogen (secondary N) is 1. The van der Waals surface area contributed by atoms with Crippen molar-refractivity contribution in [2.24, 2.45) is 0 Å². The first-order valence-corrected chi connectivity index (χ1v) is 10.2. The minimum Gasteiger partial charge on any atom is -0.340 e. The maximum atomic E-state index is 12.8. The lowest BCUT2D eigenvalue weighted by Gasteiger charge is -2.33. The Morgan fingerprint density at radius 3 is 2.42 bits per heavy atom. The molecule has 2 heterocycles. The van der Waals surface area contributed by atoms with E-state index < -0.39 is 10.0 Å². The van der Waals surface area contributed by atoms with E-state index >= 15 is 0 Å². The zero-order valence-electron chi connectivity index (χ0n) is 14.3. The summed E-state index contributed by atoms with van der Waals surface area (Å²) < 4.78 is 27.0. The minimum absolute atomic E-state index is 0.273. The molecule has 1 aliphatic heterocycles. The highest BCUT2D eigenvalue weighted by Gasteiger charge is 2.29. The Morgan fingerprint density at radius 2 is 1.73 bits per heavy atom. The number of aryl methyl sites for hydroxylation is 1. The lowest BCUT2D eigenvalue weighted by Crippen LogP contribution is -2.49. The molecular weight excluding hydrogens is 372 g/mol. The van der Waals surface area contributed by atoms with Gasteiger partial charge in [-0.25, -0.2) is 13.4 Å². The average Bonchev–Trinajstić information content (AvgIpc) is 3.05. The van der Waals surface area contributed by atoms with Crippen molar-refractivity contribution in [2.75, 3.05) is 31.1 Å². The SMILES string of the molecule is Cc1ccc2nc(N3CCN(S(=O)(=O)c4ccc(Cl)cc4)CC3)[nH]c2c1. The third kappa shape index (κ3) is 3.18. The van der Waals surface area contributed by atoms with Gasteiger partial charge in [-0.2, -0.15) is 4.31 Å². The molecule has 1 N–H and O–H groups in total. The molecule has 0 bridgehead atoms. The molecule has 6 nitrogen and oxygen atoms in total. The van der Waals surface area contributed by atoms with Gasteiger partial charge in [-0.3, -0.25) is 0 Å². The van der Waals surface area contributed by atoms with E-state index in [0.29, 0.717) is 31.2 Å². The van der Waals surface area contributed by atoms with Crippen LogP contribution in [0, 0.1) is 6.92 Å². The quantitative estimate of drug-likeness (QED) is 0.746. The molecule has 0 unspecified atom stereocenters. The zero-order valence-corrected chi connectivity index (χ0v) is 15.9. The number of sulfonamides is 1. The van der Waals surface area contributed by atoms with Crippen molar-refractivity contribution in [1.29, 1.82) is 0 Å². The fraction of sp³-hybridized carbons (Fsp3) is 0.278. The molecular formula is C18H19ClN4O2S. The number of H-pyrrole nitrogens is 1. The molecule has 8 heteroatoms. The van der Waals surface area contributed by atoms with Gasteiger partial charge in [0.2, 0.25) is 16.0 Å². The first-order chi connectivity index (χ1) is 12.4. The highest BCUT2D eigenvalue weighted by Crippen LogP contribution is 2.23. The normalized spacial score (nSPS) is 16.3. The largest absolute Gasteiger partial charge is 0.340 e. The van der Waals surface area contributed by atoms with Crippen LogP contribution >= 0.6 is 11.6 Å². The molecule has 1 saturated heterocycles. The van der Waals surface area contributed by atoms with E-state index in [1.165, 1.54) is 9.87 Å². The Labute approximate surface area is 157 Å². The highest BCUT2D eigenvalue weighted by atomic mass is 35.5. The molecule has 0 radical (unpaired) electrons. The summed E-state index contributed by atoms with van der Waals surface area (Å²) >= 11 is 5.85. The second kappa shape index (κ2) is 6.57. The molecule has 1 aromatic heterocycles. The monoisotopic (exact) mass is 390 g/mol. The van der Waals surface area contributed by atoms with Gasteiger partial charge in [0.15, 0.2) is 0 Å². The predicted octanol–water partition coefficient (Wildman–Crippen LogP) is 3.04. The summed E-state index contributed by atoms with van der Waals surface area (Å²) in [5.74, 6) is 0.786. The number of anilines is 1. The number of hydrogen-bond acceptors (Lipinski definition) is 4. The van der Waals surface area contributed by atoms with Gasteiger partial charge in [0.1, 0.15) is 0 Å². The zero-order chi connectivity index (χ0) is 18.3. The molecule has 2 aromatic carbocycles. The Morgan fingerprint density at radius 1 is 1.04 bits per heavy atom. The molecule has 0 aliphatic carbocycles. The third-order valence-electron chi connectivity index (χ3n) is 4.61. The summed E-state index contributed by atoms with van der Waals surface area (Å²) in [6.07, 6.45) is 0. The van der Waals surface area contributed by atoms with Gasteiger partial charge in [-0.05, 0) is 48.9 Å². The van der Waals surface area contributed by atoms with Crippen LogP contribution < -0.4 is 4.90 Å². The van der Waals surface area contributed by atoms with Gasteiger partial charge >= 0.3 is 0 Å². The number of piperazine rings is 1. The predicted molar refractivity (Wildman–Crippen MR) is 103 cm³/mol. The molecule has 26 heavy (non-hydrogen) atoms. The minimum atomic E-state index is -3.50. The van der Waals surface area contributed by atoms with Gasteiger partial charge in [0.05, 0.1) is 15.9 Å². The molecule has 0 atom stereocenters. The number of rotatable bonds is 3. The summed E-state index contributed by atoms with van der Waals surface area (Å²) in [6.45, 7) is 4.06. The van der Waals surface area contributed by atoms with Crippen molar-refractivity contribution in [1.82, 2.24) is 14.3 Å². The molecule has 1 aliphatic rings. The van der Waals surface area contributed by atoms with E-state index in [9.17, 15) is 8.42 Å². The number of aromatic amines is 1. The second-order valence-corrected chi connectivity index (χ2v) is 8.80. The summed E-state index contributed by atoms with van der Waals surface area (Å²) in [6, 6.07) is 12.4. The standard InChI is InChI=1S/C18H19ClN4O2S/c1-13-2-7-16-17(12-13)21-18(20-16)22-8-10-23(11-9-22)26(24,25)15-5-3-14(19)4-6-15/h2-7,12H,8-11H2,1H3,(H,20,21). The van der Waals surface area contributed by atoms with E-state index in [4.69, 9.17) is 11.6 Å². The third-order valence-corrected chi connectivity index (χ3v) is 6.78. The Bertz CT molecular complexity index is 1040. The first-order valence-electron chi connectivity index (χ1n) is 8.40. The van der Waals surface area contributed by atoms with Gasteiger partial charge in [0, 0.05) is 31.2 Å².